The Kier molecular flexibility index (Phi) is 2.30. The standard InChI is InChI=1S/C11H18/c1-2-5-11-7-3-6-10(4-1)8-9-11/h4,11H,1-3,5-9H2/b10-4+. The maximum Gasteiger partial charge on any atom is -0.0318 e. The van der Waals surface area contributed by atoms with Crippen molar-refractivity contribution < 1.29 is 0 Å². The third-order valence-corrected chi connectivity index (χ3v) is 3.23. The molecule has 1 unspecified atom stereocenters. The van der Waals surface area contributed by atoms with E-state index in [1.165, 1.54) is 51.4 Å². The second-order valence-electron chi connectivity index (χ2n) is 4.09. The smallest absolute Gasteiger partial charge is 0.0318 e. The zero-order valence-electron chi connectivity index (χ0n) is 7.31. The summed E-state index contributed by atoms with van der Waals surface area (Å²) in [7, 11) is 0. The number of hydrogen-bond acceptors (Lipinski definition) is 0. The van der Waals surface area contributed by atoms with Gasteiger partial charge in [0.1, 0.15) is 0 Å². The molecule has 2 bridgehead atoms. The van der Waals surface area contributed by atoms with Crippen molar-refractivity contribution >= 4 is 0 Å². The molecule has 0 heterocycles. The molecule has 0 saturated heterocycles. The fourth-order valence-electron chi connectivity index (χ4n) is 2.48. The van der Waals surface area contributed by atoms with Gasteiger partial charge >= 0.3 is 0 Å². The number of allylic oxidation sites excluding steroid dienone is 2. The van der Waals surface area contributed by atoms with Crippen LogP contribution in [0.5, 0.6) is 0 Å². The van der Waals surface area contributed by atoms with Gasteiger partial charge in [0.2, 0.25) is 0 Å². The van der Waals surface area contributed by atoms with Gasteiger partial charge in [-0.25, -0.2) is 0 Å². The van der Waals surface area contributed by atoms with E-state index in [0.717, 1.165) is 5.92 Å². The van der Waals surface area contributed by atoms with Crippen LogP contribution < -0.4 is 0 Å². The predicted octanol–water partition coefficient (Wildman–Crippen LogP) is 3.68. The Morgan fingerprint density at radius 1 is 1.00 bits per heavy atom. The Morgan fingerprint density at radius 2 is 1.91 bits per heavy atom. The lowest BCUT2D eigenvalue weighted by Gasteiger charge is -2.14. The average Bonchev–Trinajstić information content (AvgIpc) is 2.11. The van der Waals surface area contributed by atoms with E-state index in [4.69, 9.17) is 0 Å². The summed E-state index contributed by atoms with van der Waals surface area (Å²) in [6, 6.07) is 0. The van der Waals surface area contributed by atoms with Crippen LogP contribution in [0.2, 0.25) is 0 Å². The van der Waals surface area contributed by atoms with E-state index in [-0.39, 0.29) is 0 Å². The monoisotopic (exact) mass is 150 g/mol. The first-order valence-electron chi connectivity index (χ1n) is 5.13. The molecule has 0 amide bonds. The van der Waals surface area contributed by atoms with Gasteiger partial charge < -0.3 is 0 Å². The third kappa shape index (κ3) is 1.85. The van der Waals surface area contributed by atoms with E-state index < -0.39 is 0 Å². The van der Waals surface area contributed by atoms with Gasteiger partial charge in [0.25, 0.3) is 0 Å². The van der Waals surface area contributed by atoms with Crippen LogP contribution in [0.4, 0.5) is 0 Å². The maximum absolute atomic E-state index is 2.52. The van der Waals surface area contributed by atoms with Crippen molar-refractivity contribution in [3.8, 4) is 0 Å². The Bertz CT molecular complexity index is 153. The fourth-order valence-corrected chi connectivity index (χ4v) is 2.48. The van der Waals surface area contributed by atoms with E-state index in [1.54, 1.807) is 5.57 Å². The lowest BCUT2D eigenvalue weighted by atomic mass is 9.92. The van der Waals surface area contributed by atoms with Gasteiger partial charge in [-0.05, 0) is 44.4 Å². The first-order valence-corrected chi connectivity index (χ1v) is 5.13. The first kappa shape index (κ1) is 7.39. The summed E-state index contributed by atoms with van der Waals surface area (Å²) < 4.78 is 0. The van der Waals surface area contributed by atoms with Crippen molar-refractivity contribution in [1.82, 2.24) is 0 Å². The molecule has 62 valence electrons. The molecule has 0 radical (unpaired) electrons. The molecule has 0 aromatic heterocycles. The Morgan fingerprint density at radius 3 is 2.91 bits per heavy atom. The van der Waals surface area contributed by atoms with Gasteiger partial charge in [0.15, 0.2) is 0 Å². The molecule has 0 aromatic carbocycles. The lowest BCUT2D eigenvalue weighted by Crippen LogP contribution is -1.99. The molecule has 0 aliphatic heterocycles. The zero-order valence-corrected chi connectivity index (χ0v) is 7.31. The average molecular weight is 150 g/mol. The van der Waals surface area contributed by atoms with Crippen molar-refractivity contribution in [2.75, 3.05) is 0 Å². The number of fused-ring (bicyclic) bond motifs is 3. The molecule has 2 rings (SSSR count). The fraction of sp³-hybridized carbons (Fsp3) is 0.818. The minimum Gasteiger partial charge on any atom is -0.0853 e. The van der Waals surface area contributed by atoms with Gasteiger partial charge in [0.05, 0.1) is 0 Å². The van der Waals surface area contributed by atoms with E-state index in [0.29, 0.717) is 0 Å². The molecule has 0 heteroatoms. The molecule has 0 spiro atoms. The first-order chi connectivity index (χ1) is 5.45. The van der Waals surface area contributed by atoms with E-state index in [1.807, 2.05) is 0 Å². The third-order valence-electron chi connectivity index (χ3n) is 3.23. The van der Waals surface area contributed by atoms with E-state index >= 15 is 0 Å². The molecule has 1 fully saturated rings. The van der Waals surface area contributed by atoms with Crippen molar-refractivity contribution in [2.24, 2.45) is 5.92 Å². The van der Waals surface area contributed by atoms with Crippen molar-refractivity contribution in [1.29, 1.82) is 0 Å². The number of hydrogen-bond donors (Lipinski definition) is 0. The quantitative estimate of drug-likeness (QED) is 0.462. The lowest BCUT2D eigenvalue weighted by molar-refractivity contribution is 0.416. The SMILES string of the molecule is C1=C2\CCCC(CCC/1)CC2. The molecule has 2 aliphatic rings. The molecular formula is C11H18. The topological polar surface area (TPSA) is 0 Å². The minimum atomic E-state index is 1.08. The summed E-state index contributed by atoms with van der Waals surface area (Å²) in [6.45, 7) is 0. The van der Waals surface area contributed by atoms with Gasteiger partial charge in [0, 0.05) is 0 Å². The van der Waals surface area contributed by atoms with Gasteiger partial charge in [-0.15, -0.1) is 0 Å². The van der Waals surface area contributed by atoms with Crippen LogP contribution in [0, 0.1) is 5.92 Å². The van der Waals surface area contributed by atoms with Crippen molar-refractivity contribution in [2.45, 2.75) is 51.4 Å². The molecule has 0 aromatic rings. The normalized spacial score (nSPS) is 36.7. The van der Waals surface area contributed by atoms with Crippen LogP contribution in [0.15, 0.2) is 11.6 Å². The Labute approximate surface area is 69.7 Å². The largest absolute Gasteiger partial charge is 0.0853 e. The van der Waals surface area contributed by atoms with Crippen molar-refractivity contribution in [3.05, 3.63) is 11.6 Å². The molecule has 11 heavy (non-hydrogen) atoms. The minimum absolute atomic E-state index is 1.08. The van der Waals surface area contributed by atoms with Crippen LogP contribution in [0.1, 0.15) is 51.4 Å². The summed E-state index contributed by atoms with van der Waals surface area (Å²) in [6.07, 6.45) is 14.1. The number of rotatable bonds is 0. The van der Waals surface area contributed by atoms with Gasteiger partial charge in [-0.3, -0.25) is 0 Å². The second-order valence-corrected chi connectivity index (χ2v) is 4.09. The Balaban J connectivity index is 2.09. The van der Waals surface area contributed by atoms with E-state index in [2.05, 4.69) is 6.08 Å². The van der Waals surface area contributed by atoms with E-state index in [9.17, 15) is 0 Å². The molecular weight excluding hydrogens is 132 g/mol. The molecule has 2 aliphatic carbocycles. The van der Waals surface area contributed by atoms with Crippen LogP contribution in [0.25, 0.3) is 0 Å². The van der Waals surface area contributed by atoms with Crippen LogP contribution in [0.3, 0.4) is 0 Å². The molecule has 1 saturated carbocycles. The summed E-state index contributed by atoms with van der Waals surface area (Å²) in [4.78, 5) is 0. The highest BCUT2D eigenvalue weighted by atomic mass is 14.2. The van der Waals surface area contributed by atoms with Crippen LogP contribution in [-0.2, 0) is 0 Å². The summed E-state index contributed by atoms with van der Waals surface area (Å²) in [5, 5.41) is 0. The Hall–Kier alpha value is -0.260. The van der Waals surface area contributed by atoms with Gasteiger partial charge in [-0.1, -0.05) is 24.5 Å². The molecule has 1 atom stereocenters. The molecule has 0 N–H and O–H groups in total. The maximum atomic E-state index is 2.52. The predicted molar refractivity (Wildman–Crippen MR) is 48.5 cm³/mol. The summed E-state index contributed by atoms with van der Waals surface area (Å²) >= 11 is 0. The highest BCUT2D eigenvalue weighted by Gasteiger charge is 2.15. The van der Waals surface area contributed by atoms with Crippen LogP contribution >= 0.6 is 0 Å². The van der Waals surface area contributed by atoms with Crippen molar-refractivity contribution in [3.63, 3.8) is 0 Å². The summed E-state index contributed by atoms with van der Waals surface area (Å²) in [5.41, 5.74) is 1.77. The highest BCUT2D eigenvalue weighted by molar-refractivity contribution is 5.04. The van der Waals surface area contributed by atoms with Crippen LogP contribution in [-0.4, -0.2) is 0 Å². The molecule has 0 nitrogen and oxygen atoms in total. The summed E-state index contributed by atoms with van der Waals surface area (Å²) in [5.74, 6) is 1.08. The second kappa shape index (κ2) is 3.42. The zero-order chi connectivity index (χ0) is 7.52. The van der Waals surface area contributed by atoms with Gasteiger partial charge in [-0.2, -0.15) is 0 Å². The highest BCUT2D eigenvalue weighted by Crippen LogP contribution is 2.32.